The Labute approximate surface area is 89.5 Å². The Balaban J connectivity index is 2.09. The quantitative estimate of drug-likeness (QED) is 0.510. The van der Waals surface area contributed by atoms with Gasteiger partial charge in [-0.25, -0.2) is 4.99 Å². The maximum absolute atomic E-state index is 9.76. The molecular weight excluding hydrogens is 192 g/mol. The third-order valence-electron chi connectivity index (χ3n) is 2.92. The maximum atomic E-state index is 9.76. The minimum Gasteiger partial charge on any atom is -0.371 e. The van der Waals surface area contributed by atoms with Crippen molar-refractivity contribution >= 4 is 5.96 Å². The highest BCUT2D eigenvalue weighted by molar-refractivity contribution is 5.81. The molecule has 0 aromatic carbocycles. The lowest BCUT2D eigenvalue weighted by molar-refractivity contribution is 0.199. The Morgan fingerprint density at radius 3 is 3.13 bits per heavy atom. The second-order valence-corrected chi connectivity index (χ2v) is 4.15. The van der Waals surface area contributed by atoms with Gasteiger partial charge in [-0.05, 0) is 18.8 Å². The van der Waals surface area contributed by atoms with E-state index in [2.05, 4.69) is 22.5 Å². The van der Waals surface area contributed by atoms with Crippen LogP contribution in [0.5, 0.6) is 0 Å². The van der Waals surface area contributed by atoms with Gasteiger partial charge in [0.2, 0.25) is 0 Å². The Hall–Kier alpha value is -1.23. The number of hydrogen-bond donors (Lipinski definition) is 4. The van der Waals surface area contributed by atoms with Crippen molar-refractivity contribution in [1.29, 1.82) is 0 Å². The van der Waals surface area contributed by atoms with Gasteiger partial charge in [0.25, 0.3) is 0 Å². The normalized spacial score (nSPS) is 30.1. The summed E-state index contributed by atoms with van der Waals surface area (Å²) in [6.07, 6.45) is 2.48. The van der Waals surface area contributed by atoms with E-state index in [0.717, 1.165) is 24.4 Å². The molecule has 0 amide bonds. The fourth-order valence-electron chi connectivity index (χ4n) is 2.19. The molecule has 2 atom stereocenters. The molecule has 2 aliphatic heterocycles. The first-order chi connectivity index (χ1) is 7.20. The molecule has 0 aromatic heterocycles. The van der Waals surface area contributed by atoms with Gasteiger partial charge in [-0.3, -0.25) is 0 Å². The van der Waals surface area contributed by atoms with E-state index >= 15 is 0 Å². The van der Waals surface area contributed by atoms with E-state index in [9.17, 15) is 5.11 Å². The molecule has 5 N–H and O–H groups in total. The first-order valence-corrected chi connectivity index (χ1v) is 5.46. The number of aliphatic imine (C=N–C) groups is 1. The second-order valence-electron chi connectivity index (χ2n) is 4.15. The van der Waals surface area contributed by atoms with E-state index in [1.807, 2.05) is 0 Å². The molecule has 84 valence electrons. The molecule has 5 heteroatoms. The predicted octanol–water partition coefficient (Wildman–Crippen LogP) is -0.156. The van der Waals surface area contributed by atoms with Crippen LogP contribution in [0.25, 0.3) is 0 Å². The van der Waals surface area contributed by atoms with Crippen LogP contribution in [-0.4, -0.2) is 23.8 Å². The summed E-state index contributed by atoms with van der Waals surface area (Å²) in [5.41, 5.74) is 6.47. The van der Waals surface area contributed by atoms with Crippen molar-refractivity contribution in [3.63, 3.8) is 0 Å². The van der Waals surface area contributed by atoms with E-state index in [4.69, 9.17) is 5.73 Å². The van der Waals surface area contributed by atoms with E-state index in [1.165, 1.54) is 12.8 Å². The van der Waals surface area contributed by atoms with Crippen molar-refractivity contribution in [1.82, 2.24) is 10.6 Å². The van der Waals surface area contributed by atoms with Crippen LogP contribution < -0.4 is 16.4 Å². The number of guanidine groups is 1. The average molecular weight is 210 g/mol. The van der Waals surface area contributed by atoms with Crippen LogP contribution in [0.3, 0.4) is 0 Å². The Morgan fingerprint density at radius 1 is 1.60 bits per heavy atom. The molecule has 0 fully saturated rings. The molecule has 0 aliphatic carbocycles. The largest absolute Gasteiger partial charge is 0.371 e. The lowest BCUT2D eigenvalue weighted by Gasteiger charge is -2.32. The Kier molecular flexibility index (Phi) is 2.81. The smallest absolute Gasteiger partial charge is 0.197 e. The zero-order chi connectivity index (χ0) is 10.8. The van der Waals surface area contributed by atoms with Gasteiger partial charge >= 0.3 is 0 Å². The molecule has 0 spiro atoms. The zero-order valence-electron chi connectivity index (χ0n) is 8.95. The van der Waals surface area contributed by atoms with Gasteiger partial charge in [-0.1, -0.05) is 13.3 Å². The third kappa shape index (κ3) is 2.07. The van der Waals surface area contributed by atoms with E-state index in [0.29, 0.717) is 5.92 Å². The van der Waals surface area contributed by atoms with Gasteiger partial charge in [-0.2, -0.15) is 0 Å². The van der Waals surface area contributed by atoms with Crippen molar-refractivity contribution in [3.8, 4) is 0 Å². The minimum atomic E-state index is -0.770. The third-order valence-corrected chi connectivity index (χ3v) is 2.92. The number of rotatable bonds is 2. The minimum absolute atomic E-state index is 0.280. The van der Waals surface area contributed by atoms with Gasteiger partial charge in [0.15, 0.2) is 12.2 Å². The number of nitrogens with two attached hydrogens (primary N) is 1. The molecule has 0 radical (unpaired) electrons. The summed E-state index contributed by atoms with van der Waals surface area (Å²) in [6.45, 7) is 3.12. The van der Waals surface area contributed by atoms with Crippen molar-refractivity contribution in [2.24, 2.45) is 16.6 Å². The molecule has 2 rings (SSSR count). The summed E-state index contributed by atoms with van der Waals surface area (Å²) >= 11 is 0. The van der Waals surface area contributed by atoms with Crippen LogP contribution in [0.1, 0.15) is 26.2 Å². The summed E-state index contributed by atoms with van der Waals surface area (Å²) in [6, 6.07) is 0. The van der Waals surface area contributed by atoms with E-state index in [-0.39, 0.29) is 5.96 Å². The van der Waals surface area contributed by atoms with Crippen LogP contribution in [0.15, 0.2) is 16.4 Å². The van der Waals surface area contributed by atoms with Crippen LogP contribution in [0.2, 0.25) is 0 Å². The van der Waals surface area contributed by atoms with Gasteiger partial charge < -0.3 is 21.5 Å². The van der Waals surface area contributed by atoms with Gasteiger partial charge in [-0.15, -0.1) is 0 Å². The summed E-state index contributed by atoms with van der Waals surface area (Å²) in [5, 5.41) is 16.0. The summed E-state index contributed by atoms with van der Waals surface area (Å²) in [7, 11) is 0. The highest BCUT2D eigenvalue weighted by atomic mass is 16.3. The van der Waals surface area contributed by atoms with Crippen LogP contribution >= 0.6 is 0 Å². The van der Waals surface area contributed by atoms with Crippen molar-refractivity contribution in [3.05, 3.63) is 11.4 Å². The first kappa shape index (κ1) is 10.3. The number of nitrogens with one attached hydrogen (secondary N) is 2. The molecule has 2 heterocycles. The Bertz CT molecular complexity index is 311. The number of nitrogens with zero attached hydrogens (tertiary/aromatic N) is 1. The molecule has 15 heavy (non-hydrogen) atoms. The molecule has 0 aromatic rings. The highest BCUT2D eigenvalue weighted by Gasteiger charge is 2.27. The van der Waals surface area contributed by atoms with Crippen LogP contribution in [0, 0.1) is 5.92 Å². The highest BCUT2D eigenvalue weighted by Crippen LogP contribution is 2.26. The van der Waals surface area contributed by atoms with Crippen LogP contribution in [-0.2, 0) is 0 Å². The first-order valence-electron chi connectivity index (χ1n) is 5.46. The van der Waals surface area contributed by atoms with Gasteiger partial charge in [0.1, 0.15) is 5.82 Å². The molecule has 5 nitrogen and oxygen atoms in total. The lowest BCUT2D eigenvalue weighted by atomic mass is 9.91. The fraction of sp³-hybridized carbons (Fsp3) is 0.700. The maximum Gasteiger partial charge on any atom is 0.197 e. The molecular formula is C10H18N4O. The molecule has 0 bridgehead atoms. The van der Waals surface area contributed by atoms with Crippen LogP contribution in [0.4, 0.5) is 0 Å². The monoisotopic (exact) mass is 210 g/mol. The van der Waals surface area contributed by atoms with Gasteiger partial charge in [0.05, 0.1) is 0 Å². The SMILES string of the molecule is CCCC1CNC2=C(C1)C(O)N=C(N)N2. The number of hydrogen-bond acceptors (Lipinski definition) is 5. The predicted molar refractivity (Wildman–Crippen MR) is 58.8 cm³/mol. The summed E-state index contributed by atoms with van der Waals surface area (Å²) in [4.78, 5) is 3.90. The number of aliphatic hydroxyl groups is 1. The van der Waals surface area contributed by atoms with Crippen molar-refractivity contribution in [2.45, 2.75) is 32.4 Å². The van der Waals surface area contributed by atoms with Crippen molar-refractivity contribution < 1.29 is 5.11 Å². The topological polar surface area (TPSA) is 82.7 Å². The fourth-order valence-corrected chi connectivity index (χ4v) is 2.19. The summed E-state index contributed by atoms with van der Waals surface area (Å²) in [5.74, 6) is 1.73. The standard InChI is InChI=1S/C10H18N4O/c1-2-3-6-4-7-8(12-5-6)13-10(11)14-9(7)15/h6,9,12,15H,2-5H2,1H3,(H3,11,13,14). The van der Waals surface area contributed by atoms with E-state index < -0.39 is 6.23 Å². The Morgan fingerprint density at radius 2 is 2.40 bits per heavy atom. The lowest BCUT2D eigenvalue weighted by Crippen LogP contribution is -2.47. The average Bonchev–Trinajstić information content (AvgIpc) is 2.19. The molecule has 0 saturated carbocycles. The van der Waals surface area contributed by atoms with Gasteiger partial charge in [0, 0.05) is 12.1 Å². The molecule has 2 aliphatic rings. The van der Waals surface area contributed by atoms with Crippen molar-refractivity contribution in [2.75, 3.05) is 6.54 Å². The summed E-state index contributed by atoms with van der Waals surface area (Å²) < 4.78 is 0. The number of aliphatic hydroxyl groups excluding tert-OH is 1. The van der Waals surface area contributed by atoms with E-state index in [1.54, 1.807) is 0 Å². The zero-order valence-corrected chi connectivity index (χ0v) is 8.95. The molecule has 0 saturated heterocycles. The molecule has 2 unspecified atom stereocenters. The second kappa shape index (κ2) is 4.10.